The fraction of sp³-hybridized carbons (Fsp3) is 0.588. The fourth-order valence-corrected chi connectivity index (χ4v) is 3.37. The molecule has 0 bridgehead atoms. The van der Waals surface area contributed by atoms with E-state index in [-0.39, 0.29) is 0 Å². The lowest BCUT2D eigenvalue weighted by Crippen LogP contribution is -2.39. The number of nitrogens with zero attached hydrogens (tertiary/aromatic N) is 2. The molecule has 4 nitrogen and oxygen atoms in total. The van der Waals surface area contributed by atoms with Gasteiger partial charge in [-0.3, -0.25) is 5.01 Å². The number of hydrogen-bond donors (Lipinski definition) is 0. The molecule has 0 N–H and O–H groups in total. The van der Waals surface area contributed by atoms with Crippen molar-refractivity contribution < 1.29 is 9.47 Å². The van der Waals surface area contributed by atoms with Crippen molar-refractivity contribution in [1.82, 2.24) is 5.01 Å². The highest BCUT2D eigenvalue weighted by Gasteiger charge is 2.23. The van der Waals surface area contributed by atoms with Crippen LogP contribution in [0, 0.1) is 0 Å². The van der Waals surface area contributed by atoms with Gasteiger partial charge in [-0.25, -0.2) is 0 Å². The summed E-state index contributed by atoms with van der Waals surface area (Å²) in [5.74, 6) is 1.36. The van der Waals surface area contributed by atoms with Crippen molar-refractivity contribution >= 4 is 17.8 Å². The van der Waals surface area contributed by atoms with E-state index in [1.54, 1.807) is 0 Å². The number of halogens is 1. The van der Waals surface area contributed by atoms with Crippen molar-refractivity contribution in [3.05, 3.63) is 22.7 Å². The summed E-state index contributed by atoms with van der Waals surface area (Å²) >= 11 is 6.32. The van der Waals surface area contributed by atoms with Crippen LogP contribution in [-0.4, -0.2) is 36.5 Å². The average molecular weight is 323 g/mol. The summed E-state index contributed by atoms with van der Waals surface area (Å²) in [6.45, 7) is 5.76. The van der Waals surface area contributed by atoms with Crippen molar-refractivity contribution in [2.75, 3.05) is 13.2 Å². The first-order valence-corrected chi connectivity index (χ1v) is 8.44. The molecule has 5 heteroatoms. The Bertz CT molecular complexity index is 552. The zero-order valence-corrected chi connectivity index (χ0v) is 14.0. The molecule has 0 spiro atoms. The van der Waals surface area contributed by atoms with E-state index in [1.807, 2.05) is 18.3 Å². The van der Waals surface area contributed by atoms with E-state index in [4.69, 9.17) is 21.1 Å². The summed E-state index contributed by atoms with van der Waals surface area (Å²) in [6, 6.07) is 4.81. The lowest BCUT2D eigenvalue weighted by atomic mass is 10.00. The van der Waals surface area contributed by atoms with Crippen molar-refractivity contribution in [1.29, 1.82) is 0 Å². The number of piperidine rings is 1. The molecule has 2 aliphatic heterocycles. The van der Waals surface area contributed by atoms with Crippen LogP contribution in [0.3, 0.4) is 0 Å². The van der Waals surface area contributed by atoms with Gasteiger partial charge in [-0.05, 0) is 50.8 Å². The Balaban J connectivity index is 1.81. The minimum Gasteiger partial charge on any atom is -0.489 e. The van der Waals surface area contributed by atoms with E-state index in [1.165, 1.54) is 19.3 Å². The van der Waals surface area contributed by atoms with E-state index in [2.05, 4.69) is 24.0 Å². The molecule has 2 aliphatic rings. The Morgan fingerprint density at radius 1 is 1.14 bits per heavy atom. The molecule has 0 saturated carbocycles. The fourth-order valence-electron chi connectivity index (χ4n) is 3.09. The molecule has 0 aromatic heterocycles. The second kappa shape index (κ2) is 6.78. The van der Waals surface area contributed by atoms with E-state index in [0.29, 0.717) is 41.8 Å². The normalized spacial score (nSPS) is 25.3. The van der Waals surface area contributed by atoms with Gasteiger partial charge in [-0.1, -0.05) is 11.6 Å². The van der Waals surface area contributed by atoms with E-state index < -0.39 is 0 Å². The number of rotatable bonds is 2. The van der Waals surface area contributed by atoms with Crippen molar-refractivity contribution in [3.8, 4) is 11.5 Å². The summed E-state index contributed by atoms with van der Waals surface area (Å²) in [5, 5.41) is 7.46. The Kier molecular flexibility index (Phi) is 4.77. The largest absolute Gasteiger partial charge is 0.489 e. The van der Waals surface area contributed by atoms with Gasteiger partial charge >= 0.3 is 0 Å². The molecule has 3 rings (SSSR count). The quantitative estimate of drug-likeness (QED) is 0.769. The summed E-state index contributed by atoms with van der Waals surface area (Å²) in [5.41, 5.74) is 0.944. The molecule has 120 valence electrons. The molecule has 1 fully saturated rings. The standard InChI is InChI=1S/C17H23ClN2O2/c1-12-5-3-6-13(2)20(12)19-11-14-9-15(18)17-16(10-14)21-7-4-8-22-17/h9-13H,3-8H2,1-2H3/b19-11-/t12-,13-/m1/s1. The van der Waals surface area contributed by atoms with Crippen LogP contribution >= 0.6 is 11.6 Å². The molecule has 2 heterocycles. The molecule has 1 aromatic carbocycles. The smallest absolute Gasteiger partial charge is 0.179 e. The van der Waals surface area contributed by atoms with Gasteiger partial charge in [0.05, 0.1) is 24.5 Å². The Morgan fingerprint density at radius 3 is 2.64 bits per heavy atom. The molecule has 0 amide bonds. The molecule has 1 saturated heterocycles. The maximum Gasteiger partial charge on any atom is 0.179 e. The monoisotopic (exact) mass is 322 g/mol. The number of hydrazone groups is 1. The van der Waals surface area contributed by atoms with Gasteiger partial charge in [-0.2, -0.15) is 5.10 Å². The molecule has 0 radical (unpaired) electrons. The maximum atomic E-state index is 6.32. The highest BCUT2D eigenvalue weighted by atomic mass is 35.5. The molecular formula is C17H23ClN2O2. The Labute approximate surface area is 137 Å². The second-order valence-corrected chi connectivity index (χ2v) is 6.54. The molecule has 1 aromatic rings. The highest BCUT2D eigenvalue weighted by Crippen LogP contribution is 2.37. The lowest BCUT2D eigenvalue weighted by molar-refractivity contribution is 0.109. The van der Waals surface area contributed by atoms with Crippen LogP contribution in [0.15, 0.2) is 17.2 Å². The van der Waals surface area contributed by atoms with Crippen LogP contribution in [-0.2, 0) is 0 Å². The van der Waals surface area contributed by atoms with Gasteiger partial charge in [-0.15, -0.1) is 0 Å². The van der Waals surface area contributed by atoms with Crippen LogP contribution in [0.5, 0.6) is 11.5 Å². The molecule has 22 heavy (non-hydrogen) atoms. The summed E-state index contributed by atoms with van der Waals surface area (Å²) in [7, 11) is 0. The predicted octanol–water partition coefficient (Wildman–Crippen LogP) is 4.10. The van der Waals surface area contributed by atoms with Gasteiger partial charge < -0.3 is 9.47 Å². The van der Waals surface area contributed by atoms with Crippen LogP contribution in [0.25, 0.3) is 0 Å². The van der Waals surface area contributed by atoms with Gasteiger partial charge in [0.2, 0.25) is 0 Å². The number of fused-ring (bicyclic) bond motifs is 1. The minimum absolute atomic E-state index is 0.482. The topological polar surface area (TPSA) is 34.1 Å². The van der Waals surface area contributed by atoms with Crippen molar-refractivity contribution in [2.45, 2.75) is 51.6 Å². The first-order chi connectivity index (χ1) is 10.6. The van der Waals surface area contributed by atoms with Crippen LogP contribution in [0.1, 0.15) is 45.1 Å². The van der Waals surface area contributed by atoms with Crippen LogP contribution < -0.4 is 9.47 Å². The van der Waals surface area contributed by atoms with Crippen molar-refractivity contribution in [3.63, 3.8) is 0 Å². The molecular weight excluding hydrogens is 300 g/mol. The van der Waals surface area contributed by atoms with Crippen LogP contribution in [0.2, 0.25) is 5.02 Å². The van der Waals surface area contributed by atoms with Crippen LogP contribution in [0.4, 0.5) is 0 Å². The molecule has 0 unspecified atom stereocenters. The van der Waals surface area contributed by atoms with Gasteiger partial charge in [0.25, 0.3) is 0 Å². The predicted molar refractivity (Wildman–Crippen MR) is 89.3 cm³/mol. The summed E-state index contributed by atoms with van der Waals surface area (Å²) in [6.07, 6.45) is 6.42. The SMILES string of the molecule is C[C@@H]1CCC[C@@H](C)N1/N=C\c1cc(Cl)c2c(c1)OCCCO2. The first-order valence-electron chi connectivity index (χ1n) is 8.06. The Hall–Kier alpha value is -1.42. The third kappa shape index (κ3) is 3.32. The number of hydrogen-bond acceptors (Lipinski definition) is 4. The Morgan fingerprint density at radius 2 is 1.86 bits per heavy atom. The lowest BCUT2D eigenvalue weighted by Gasteiger charge is -2.36. The number of benzene rings is 1. The van der Waals surface area contributed by atoms with Gasteiger partial charge in [0.1, 0.15) is 0 Å². The minimum atomic E-state index is 0.482. The average Bonchev–Trinajstić information content (AvgIpc) is 2.72. The molecule has 0 aliphatic carbocycles. The first kappa shape index (κ1) is 15.5. The van der Waals surface area contributed by atoms with E-state index >= 15 is 0 Å². The zero-order valence-electron chi connectivity index (χ0n) is 13.2. The van der Waals surface area contributed by atoms with E-state index in [9.17, 15) is 0 Å². The second-order valence-electron chi connectivity index (χ2n) is 6.13. The summed E-state index contributed by atoms with van der Waals surface area (Å²) < 4.78 is 11.4. The van der Waals surface area contributed by atoms with Crippen molar-refractivity contribution in [2.24, 2.45) is 5.10 Å². The summed E-state index contributed by atoms with van der Waals surface area (Å²) in [4.78, 5) is 0. The zero-order chi connectivity index (χ0) is 15.5. The van der Waals surface area contributed by atoms with E-state index in [0.717, 1.165) is 12.0 Å². The highest BCUT2D eigenvalue weighted by molar-refractivity contribution is 6.32. The van der Waals surface area contributed by atoms with Gasteiger partial charge in [0.15, 0.2) is 11.5 Å². The van der Waals surface area contributed by atoms with Gasteiger partial charge in [0, 0.05) is 18.5 Å². The third-order valence-electron chi connectivity index (χ3n) is 4.31. The molecule has 2 atom stereocenters. The maximum absolute atomic E-state index is 6.32. The third-order valence-corrected chi connectivity index (χ3v) is 4.59. The number of ether oxygens (including phenoxy) is 2.